The summed E-state index contributed by atoms with van der Waals surface area (Å²) in [5, 5.41) is 0. The van der Waals surface area contributed by atoms with Crippen LogP contribution in [0.15, 0.2) is 29.2 Å². The minimum atomic E-state index is -4.92. The van der Waals surface area contributed by atoms with E-state index in [1.807, 2.05) is 0 Å². The second kappa shape index (κ2) is 5.57. The van der Waals surface area contributed by atoms with Crippen LogP contribution in [-0.4, -0.2) is 61.4 Å². The monoisotopic (exact) mass is 392 g/mol. The van der Waals surface area contributed by atoms with E-state index in [0.717, 1.165) is 16.4 Å². The molecule has 3 saturated heterocycles. The molecule has 0 aliphatic carbocycles. The third-order valence-corrected chi connectivity index (χ3v) is 6.90. The summed E-state index contributed by atoms with van der Waals surface area (Å²) in [5.74, 6) is -0.796. The number of alkyl halides is 3. The molecule has 4 rings (SSSR count). The molecule has 1 spiro atoms. The number of halogens is 3. The van der Waals surface area contributed by atoms with Crippen molar-refractivity contribution < 1.29 is 35.9 Å². The van der Waals surface area contributed by atoms with Crippen molar-refractivity contribution in [3.8, 4) is 5.75 Å². The van der Waals surface area contributed by atoms with E-state index in [-0.39, 0.29) is 23.8 Å². The maximum atomic E-state index is 13.0. The Hall–Kier alpha value is -1.85. The summed E-state index contributed by atoms with van der Waals surface area (Å²) >= 11 is 0. The van der Waals surface area contributed by atoms with E-state index in [4.69, 9.17) is 4.74 Å². The second-order valence-corrected chi connectivity index (χ2v) is 8.24. The van der Waals surface area contributed by atoms with E-state index in [9.17, 15) is 26.4 Å². The van der Waals surface area contributed by atoms with Gasteiger partial charge in [-0.1, -0.05) is 6.07 Å². The van der Waals surface area contributed by atoms with Crippen molar-refractivity contribution in [3.05, 3.63) is 24.3 Å². The molecule has 1 amide bonds. The van der Waals surface area contributed by atoms with Crippen LogP contribution in [0, 0.1) is 0 Å². The third-order valence-electron chi connectivity index (χ3n) is 5.00. The molecule has 0 aromatic heterocycles. The van der Waals surface area contributed by atoms with Gasteiger partial charge in [-0.05, 0) is 12.1 Å². The molecule has 7 nitrogen and oxygen atoms in total. The predicted octanol–water partition coefficient (Wildman–Crippen LogP) is 1.31. The Morgan fingerprint density at radius 2 is 2.04 bits per heavy atom. The molecule has 11 heteroatoms. The first kappa shape index (κ1) is 17.6. The highest BCUT2D eigenvalue weighted by molar-refractivity contribution is 7.89. The highest BCUT2D eigenvalue weighted by atomic mass is 32.2. The largest absolute Gasteiger partial charge is 0.573 e. The Morgan fingerprint density at radius 1 is 1.27 bits per heavy atom. The molecule has 1 aromatic carbocycles. The van der Waals surface area contributed by atoms with Crippen molar-refractivity contribution in [2.24, 2.45) is 0 Å². The number of hydrogen-bond donors (Lipinski definition) is 0. The van der Waals surface area contributed by atoms with Crippen LogP contribution in [0.3, 0.4) is 0 Å². The summed E-state index contributed by atoms with van der Waals surface area (Å²) < 4.78 is 73.9. The minimum absolute atomic E-state index is 0.00201. The third kappa shape index (κ3) is 2.57. The van der Waals surface area contributed by atoms with Gasteiger partial charge in [0, 0.05) is 32.0 Å². The van der Waals surface area contributed by atoms with Crippen LogP contribution in [0.1, 0.15) is 12.8 Å². The molecule has 0 N–H and O–H groups in total. The molecule has 3 fully saturated rings. The topological polar surface area (TPSA) is 76.2 Å². The fraction of sp³-hybridized carbons (Fsp3) is 0.533. The maximum Gasteiger partial charge on any atom is 0.573 e. The van der Waals surface area contributed by atoms with Gasteiger partial charge in [0.1, 0.15) is 5.75 Å². The number of amides is 1. The first-order valence-corrected chi connectivity index (χ1v) is 9.40. The normalized spacial score (nSPS) is 29.1. The maximum absolute atomic E-state index is 13.0. The van der Waals surface area contributed by atoms with Gasteiger partial charge in [0.15, 0.2) is 5.72 Å². The lowest BCUT2D eigenvalue weighted by Crippen LogP contribution is -2.48. The summed E-state index contributed by atoms with van der Waals surface area (Å²) in [5.41, 5.74) is -0.954. The molecule has 0 radical (unpaired) electrons. The van der Waals surface area contributed by atoms with Gasteiger partial charge in [0.25, 0.3) is 0 Å². The molecule has 3 heterocycles. The van der Waals surface area contributed by atoms with Crippen molar-refractivity contribution in [3.63, 3.8) is 0 Å². The summed E-state index contributed by atoms with van der Waals surface area (Å²) in [6.07, 6.45) is -4.59. The number of hydrogen-bond acceptors (Lipinski definition) is 5. The zero-order valence-corrected chi connectivity index (χ0v) is 14.2. The van der Waals surface area contributed by atoms with Crippen LogP contribution in [-0.2, 0) is 19.6 Å². The number of carbonyl (C=O) groups is 1. The number of carbonyl (C=O) groups excluding carboxylic acids is 1. The zero-order valence-electron chi connectivity index (χ0n) is 13.4. The van der Waals surface area contributed by atoms with Crippen molar-refractivity contribution >= 4 is 15.9 Å². The van der Waals surface area contributed by atoms with Gasteiger partial charge < -0.3 is 14.4 Å². The zero-order chi connectivity index (χ0) is 18.7. The van der Waals surface area contributed by atoms with Crippen LogP contribution in [0.25, 0.3) is 0 Å². The van der Waals surface area contributed by atoms with Crippen molar-refractivity contribution in [1.29, 1.82) is 0 Å². The molecule has 1 aromatic rings. The number of sulfonamides is 1. The van der Waals surface area contributed by atoms with Crippen molar-refractivity contribution in [2.45, 2.75) is 35.9 Å². The smallest absolute Gasteiger partial charge is 0.406 e. The summed E-state index contributed by atoms with van der Waals surface area (Å²) in [7, 11) is -4.11. The summed E-state index contributed by atoms with van der Waals surface area (Å²) in [6.45, 7) is 0.879. The Morgan fingerprint density at radius 3 is 2.77 bits per heavy atom. The van der Waals surface area contributed by atoms with E-state index >= 15 is 0 Å². The predicted molar refractivity (Wildman–Crippen MR) is 80.4 cm³/mol. The Kier molecular flexibility index (Phi) is 3.76. The molecule has 3 aliphatic heterocycles. The molecule has 3 aliphatic rings. The van der Waals surface area contributed by atoms with E-state index < -0.39 is 33.9 Å². The fourth-order valence-corrected chi connectivity index (χ4v) is 5.70. The van der Waals surface area contributed by atoms with E-state index in [1.54, 1.807) is 4.90 Å². The molecule has 2 atom stereocenters. The second-order valence-electron chi connectivity index (χ2n) is 6.35. The van der Waals surface area contributed by atoms with Crippen molar-refractivity contribution in [1.82, 2.24) is 9.21 Å². The Bertz CT molecular complexity index is 859. The molecule has 0 unspecified atom stereocenters. The molecular weight excluding hydrogens is 377 g/mol. The first-order valence-electron chi connectivity index (χ1n) is 7.96. The molecular formula is C15H15F3N2O5S. The molecule has 0 saturated carbocycles. The Labute approximate surface area is 147 Å². The average molecular weight is 392 g/mol. The van der Waals surface area contributed by atoms with Gasteiger partial charge in [-0.25, -0.2) is 8.42 Å². The molecule has 0 bridgehead atoms. The van der Waals surface area contributed by atoms with Gasteiger partial charge in [-0.2, -0.15) is 4.31 Å². The number of benzene rings is 1. The fourth-order valence-electron chi connectivity index (χ4n) is 4.01. The van der Waals surface area contributed by atoms with Crippen LogP contribution < -0.4 is 4.74 Å². The Balaban J connectivity index is 1.66. The lowest BCUT2D eigenvalue weighted by Gasteiger charge is -2.31. The lowest BCUT2D eigenvalue weighted by atomic mass is 10.1. The van der Waals surface area contributed by atoms with E-state index in [1.165, 1.54) is 12.1 Å². The SMILES string of the molecule is O=C1C[C@H]2N(S(=O)(=O)c3cccc(OC(F)(F)F)c3)CC[C@]23OCCN13. The number of nitrogens with zero attached hydrogens (tertiary/aromatic N) is 2. The lowest BCUT2D eigenvalue weighted by molar-refractivity contribution is -0.274. The molecule has 26 heavy (non-hydrogen) atoms. The highest BCUT2D eigenvalue weighted by Crippen LogP contribution is 2.47. The quantitative estimate of drug-likeness (QED) is 0.775. The first-order chi connectivity index (χ1) is 12.1. The van der Waals surface area contributed by atoms with Gasteiger partial charge in [0.05, 0.1) is 17.5 Å². The highest BCUT2D eigenvalue weighted by Gasteiger charge is 2.64. The van der Waals surface area contributed by atoms with Gasteiger partial charge in [0.2, 0.25) is 15.9 Å². The number of rotatable bonds is 3. The minimum Gasteiger partial charge on any atom is -0.406 e. The van der Waals surface area contributed by atoms with Crippen molar-refractivity contribution in [2.75, 3.05) is 19.7 Å². The van der Waals surface area contributed by atoms with Crippen LogP contribution in [0.2, 0.25) is 0 Å². The number of ether oxygens (including phenoxy) is 2. The van der Waals surface area contributed by atoms with Gasteiger partial charge in [-0.15, -0.1) is 13.2 Å². The average Bonchev–Trinajstić information content (AvgIpc) is 3.17. The summed E-state index contributed by atoms with van der Waals surface area (Å²) in [6, 6.07) is 3.55. The van der Waals surface area contributed by atoms with E-state index in [2.05, 4.69) is 4.74 Å². The van der Waals surface area contributed by atoms with Crippen LogP contribution in [0.4, 0.5) is 13.2 Å². The van der Waals surface area contributed by atoms with Crippen LogP contribution >= 0.6 is 0 Å². The van der Waals surface area contributed by atoms with Gasteiger partial charge >= 0.3 is 6.36 Å². The summed E-state index contributed by atoms with van der Waals surface area (Å²) in [4.78, 5) is 13.4. The van der Waals surface area contributed by atoms with Crippen LogP contribution in [0.5, 0.6) is 5.75 Å². The van der Waals surface area contributed by atoms with Gasteiger partial charge in [-0.3, -0.25) is 4.79 Å². The van der Waals surface area contributed by atoms with E-state index in [0.29, 0.717) is 19.6 Å². The molecule has 142 valence electrons. The standard InChI is InChI=1S/C15H15F3N2O5S/c16-15(17,18)25-10-2-1-3-11(8-10)26(22,23)20-5-4-14-12(20)9-13(21)19(14)6-7-24-14/h1-3,8,12H,4-7,9H2/t12-,14+/m1/s1.